The van der Waals surface area contributed by atoms with Gasteiger partial charge in [-0.1, -0.05) is 78.9 Å². The normalized spacial score (nSPS) is 19.7. The molecule has 50 heavy (non-hydrogen) atoms. The van der Waals surface area contributed by atoms with Gasteiger partial charge in [0.2, 0.25) is 0 Å². The molecule has 0 saturated carbocycles. The summed E-state index contributed by atoms with van der Waals surface area (Å²) in [6.07, 6.45) is 13.0. The Morgan fingerprint density at radius 1 is 0.740 bits per heavy atom. The molecule has 2 aliphatic heterocycles. The third kappa shape index (κ3) is 4.38. The van der Waals surface area contributed by atoms with E-state index in [4.69, 9.17) is 0 Å². The van der Waals surface area contributed by atoms with E-state index in [1.165, 1.54) is 16.6 Å². The fourth-order valence-electron chi connectivity index (χ4n) is 8.38. The number of allylic oxidation sites excluding steroid dienone is 2. The van der Waals surface area contributed by atoms with Gasteiger partial charge in [-0.15, -0.1) is 0 Å². The van der Waals surface area contributed by atoms with Crippen molar-refractivity contribution in [3.63, 3.8) is 0 Å². The van der Waals surface area contributed by atoms with Gasteiger partial charge in [0.25, 0.3) is 0 Å². The van der Waals surface area contributed by atoms with Crippen molar-refractivity contribution in [1.82, 2.24) is 9.88 Å². The lowest BCUT2D eigenvalue weighted by Crippen LogP contribution is -2.42. The van der Waals surface area contributed by atoms with Gasteiger partial charge < -0.3 is 14.8 Å². The molecule has 238 valence electrons. The number of nitrogens with zero attached hydrogens (tertiary/aromatic N) is 4. The Morgan fingerprint density at radius 2 is 1.50 bits per heavy atom. The van der Waals surface area contributed by atoms with E-state index in [1.54, 1.807) is 0 Å². The topological polar surface area (TPSA) is 67.8 Å². The summed E-state index contributed by atoms with van der Waals surface area (Å²) in [5, 5.41) is 24.4. The minimum atomic E-state index is -0.391. The summed E-state index contributed by atoms with van der Waals surface area (Å²) in [6.45, 7) is 4.51. The Hall–Kier alpha value is -6.56. The number of fused-ring (bicyclic) bond motifs is 6. The van der Waals surface area contributed by atoms with Crippen molar-refractivity contribution < 1.29 is 0 Å². The number of anilines is 2. The Bertz CT molecular complexity index is 2550. The van der Waals surface area contributed by atoms with E-state index >= 15 is 0 Å². The molecule has 6 aromatic rings. The molecule has 0 fully saturated rings. The Kier molecular flexibility index (Phi) is 6.66. The molecule has 3 unspecified atom stereocenters. The molecule has 0 spiro atoms. The molecule has 0 amide bonds. The van der Waals surface area contributed by atoms with E-state index in [-0.39, 0.29) is 12.0 Å². The molecule has 5 nitrogen and oxygen atoms in total. The SMILES string of the molecule is CC1NC=Cc2c1n(-c1cc(-c3ccccc3-c3cccc(C#N)c3)cc(N3c4ccc(C#N)cc4C4C=CC=CC43C)c1)c1ccccc21. The minimum Gasteiger partial charge on any atom is -0.383 e. The first-order valence-corrected chi connectivity index (χ1v) is 17.0. The first kappa shape index (κ1) is 29.6. The van der Waals surface area contributed by atoms with Crippen molar-refractivity contribution in [3.8, 4) is 40.1 Å². The molecule has 5 aromatic carbocycles. The first-order chi connectivity index (χ1) is 24.5. The van der Waals surface area contributed by atoms with Crippen molar-refractivity contribution in [3.05, 3.63) is 168 Å². The molecule has 3 aliphatic rings. The van der Waals surface area contributed by atoms with Crippen molar-refractivity contribution in [2.45, 2.75) is 31.3 Å². The minimum absolute atomic E-state index is 0.0819. The van der Waals surface area contributed by atoms with Gasteiger partial charge in [-0.3, -0.25) is 0 Å². The van der Waals surface area contributed by atoms with Gasteiger partial charge in [0, 0.05) is 33.9 Å². The van der Waals surface area contributed by atoms with Crippen molar-refractivity contribution >= 4 is 28.4 Å². The third-order valence-corrected chi connectivity index (χ3v) is 10.6. The largest absolute Gasteiger partial charge is 0.383 e. The number of benzene rings is 5. The second-order valence-electron chi connectivity index (χ2n) is 13.5. The zero-order valence-electron chi connectivity index (χ0n) is 27.8. The predicted molar refractivity (Wildman–Crippen MR) is 202 cm³/mol. The van der Waals surface area contributed by atoms with E-state index in [1.807, 2.05) is 24.3 Å². The molecule has 1 aromatic heterocycles. The van der Waals surface area contributed by atoms with Crippen LogP contribution < -0.4 is 10.2 Å². The number of hydrogen-bond acceptors (Lipinski definition) is 4. The maximum absolute atomic E-state index is 9.85. The van der Waals surface area contributed by atoms with Crippen LogP contribution in [0.1, 0.15) is 53.8 Å². The lowest BCUT2D eigenvalue weighted by molar-refractivity contribution is 0.542. The zero-order valence-corrected chi connectivity index (χ0v) is 27.8. The van der Waals surface area contributed by atoms with Crippen LogP contribution in [0.5, 0.6) is 0 Å². The van der Waals surface area contributed by atoms with Gasteiger partial charge >= 0.3 is 0 Å². The number of hydrogen-bond donors (Lipinski definition) is 1. The number of aromatic nitrogens is 1. The maximum atomic E-state index is 9.85. The average molecular weight is 644 g/mol. The number of nitrogens with one attached hydrogen (secondary N) is 1. The van der Waals surface area contributed by atoms with Crippen molar-refractivity contribution in [1.29, 1.82) is 10.5 Å². The maximum Gasteiger partial charge on any atom is 0.0991 e. The van der Waals surface area contributed by atoms with Crippen LogP contribution in [-0.2, 0) is 0 Å². The van der Waals surface area contributed by atoms with Crippen LogP contribution in [0, 0.1) is 22.7 Å². The first-order valence-electron chi connectivity index (χ1n) is 17.0. The highest BCUT2D eigenvalue weighted by Crippen LogP contribution is 2.55. The smallest absolute Gasteiger partial charge is 0.0991 e. The van der Waals surface area contributed by atoms with E-state index in [0.29, 0.717) is 11.1 Å². The Labute approximate surface area is 292 Å². The number of rotatable bonds is 4. The molecule has 3 heterocycles. The van der Waals surface area contributed by atoms with E-state index in [2.05, 4.69) is 162 Å². The monoisotopic (exact) mass is 643 g/mol. The second-order valence-corrected chi connectivity index (χ2v) is 13.5. The lowest BCUT2D eigenvalue weighted by atomic mass is 9.80. The average Bonchev–Trinajstić information content (AvgIpc) is 3.64. The lowest BCUT2D eigenvalue weighted by Gasteiger charge is -2.39. The molecule has 0 radical (unpaired) electrons. The summed E-state index contributed by atoms with van der Waals surface area (Å²) >= 11 is 0. The molecule has 1 N–H and O–H groups in total. The summed E-state index contributed by atoms with van der Waals surface area (Å²) in [5.41, 5.74) is 13.1. The number of nitriles is 2. The highest BCUT2D eigenvalue weighted by molar-refractivity contribution is 5.95. The Balaban J connectivity index is 1.35. The van der Waals surface area contributed by atoms with Crippen molar-refractivity contribution in [2.75, 3.05) is 4.90 Å². The van der Waals surface area contributed by atoms with Gasteiger partial charge in [0.1, 0.15) is 0 Å². The summed E-state index contributed by atoms with van der Waals surface area (Å²) in [6, 6.07) is 42.8. The van der Waals surface area contributed by atoms with Crippen LogP contribution in [0.2, 0.25) is 0 Å². The second kappa shape index (κ2) is 11.3. The van der Waals surface area contributed by atoms with Gasteiger partial charge in [-0.05, 0) is 109 Å². The molecule has 3 atom stereocenters. The summed E-state index contributed by atoms with van der Waals surface area (Å²) in [4.78, 5) is 2.46. The van der Waals surface area contributed by atoms with Crippen LogP contribution in [-0.4, -0.2) is 10.1 Å². The summed E-state index contributed by atoms with van der Waals surface area (Å²) in [7, 11) is 0. The van der Waals surface area contributed by atoms with E-state index < -0.39 is 5.54 Å². The summed E-state index contributed by atoms with van der Waals surface area (Å²) < 4.78 is 2.42. The van der Waals surface area contributed by atoms with Crippen LogP contribution in [0.15, 0.2) is 140 Å². The summed E-state index contributed by atoms with van der Waals surface area (Å²) in [5.74, 6) is 0.0819. The number of para-hydroxylation sites is 1. The van der Waals surface area contributed by atoms with Crippen LogP contribution >= 0.6 is 0 Å². The molecular formula is C45H33N5. The van der Waals surface area contributed by atoms with Crippen LogP contribution in [0.25, 0.3) is 44.9 Å². The fraction of sp³-hybridized carbons (Fsp3) is 0.111. The third-order valence-electron chi connectivity index (χ3n) is 10.6. The van der Waals surface area contributed by atoms with Gasteiger partial charge in [-0.25, -0.2) is 0 Å². The highest BCUT2D eigenvalue weighted by atomic mass is 15.2. The van der Waals surface area contributed by atoms with E-state index in [0.717, 1.165) is 50.4 Å². The standard InChI is InChI=1S/C45H33N5/c1-29-44-39(19-21-48-29)38-14-5-6-16-42(38)49(44)34-24-33(37-13-4-3-12-36(37)32-11-9-10-30(22-32)27-46)25-35(26-34)50-43-18-17-31(28-47)23-40(43)41-15-7-8-20-45(41,50)2/h3-26,29,41,48H,1-2H3. The van der Waals surface area contributed by atoms with Crippen LogP contribution in [0.4, 0.5) is 11.4 Å². The molecular weight excluding hydrogens is 611 g/mol. The quantitative estimate of drug-likeness (QED) is 0.208. The molecule has 1 aliphatic carbocycles. The van der Waals surface area contributed by atoms with Gasteiger partial charge in [0.15, 0.2) is 0 Å². The molecule has 9 rings (SSSR count). The predicted octanol–water partition coefficient (Wildman–Crippen LogP) is 10.5. The fourth-order valence-corrected chi connectivity index (χ4v) is 8.38. The Morgan fingerprint density at radius 3 is 2.34 bits per heavy atom. The van der Waals surface area contributed by atoms with Gasteiger partial charge in [0.05, 0.1) is 46.1 Å². The molecule has 0 saturated heterocycles. The van der Waals surface area contributed by atoms with Crippen molar-refractivity contribution in [2.24, 2.45) is 0 Å². The molecule has 5 heteroatoms. The van der Waals surface area contributed by atoms with Crippen LogP contribution in [0.3, 0.4) is 0 Å². The van der Waals surface area contributed by atoms with E-state index in [9.17, 15) is 10.5 Å². The molecule has 0 bridgehead atoms. The van der Waals surface area contributed by atoms with Gasteiger partial charge in [-0.2, -0.15) is 10.5 Å². The zero-order chi connectivity index (χ0) is 34.0. The highest BCUT2D eigenvalue weighted by Gasteiger charge is 2.47.